The van der Waals surface area contributed by atoms with Crippen molar-refractivity contribution < 1.29 is 47.8 Å². The van der Waals surface area contributed by atoms with Gasteiger partial charge in [-0.1, -0.05) is 199 Å². The number of esters is 2. The highest BCUT2D eigenvalue weighted by atomic mass is 31.2. The molecule has 0 radical (unpaired) electrons. The van der Waals surface area contributed by atoms with Gasteiger partial charge in [0.15, 0.2) is 0 Å². The van der Waals surface area contributed by atoms with E-state index in [9.17, 15) is 29.3 Å². The van der Waals surface area contributed by atoms with Gasteiger partial charge in [-0.2, -0.15) is 0 Å². The van der Waals surface area contributed by atoms with Crippen molar-refractivity contribution in [3.05, 3.63) is 24.3 Å². The molecule has 3 unspecified atom stereocenters. The summed E-state index contributed by atoms with van der Waals surface area (Å²) in [5, 5.41) is 19.2. The number of hydrogen-bond donors (Lipinski definition) is 3. The van der Waals surface area contributed by atoms with Crippen LogP contribution in [0.5, 0.6) is 0 Å². The molecule has 0 aromatic heterocycles. The van der Waals surface area contributed by atoms with Gasteiger partial charge in [0.05, 0.1) is 26.4 Å². The lowest BCUT2D eigenvalue weighted by Gasteiger charge is -2.20. The number of aliphatic hydroxyl groups is 2. The van der Waals surface area contributed by atoms with Crippen LogP contribution in [0.3, 0.4) is 0 Å². The van der Waals surface area contributed by atoms with Crippen LogP contribution in [-0.2, 0) is 32.7 Å². The topological polar surface area (TPSA) is 149 Å². The molecule has 0 spiro atoms. The number of hydrogen-bond acceptors (Lipinski definition) is 9. The summed E-state index contributed by atoms with van der Waals surface area (Å²) in [6.45, 7) is 2.19. The Labute approximate surface area is 355 Å². The van der Waals surface area contributed by atoms with Gasteiger partial charge in [0, 0.05) is 12.8 Å². The molecule has 342 valence electrons. The summed E-state index contributed by atoms with van der Waals surface area (Å²) in [5.74, 6) is -1.02. The maximum Gasteiger partial charge on any atom is 0.472 e. The number of carbonyl (C=O) groups excluding carboxylic acids is 2. The molecule has 0 aromatic rings. The molecular formula is C47H89O10P. The van der Waals surface area contributed by atoms with Crippen molar-refractivity contribution in [1.29, 1.82) is 0 Å². The zero-order chi connectivity index (χ0) is 42.6. The number of phosphoric acid groups is 1. The summed E-state index contributed by atoms with van der Waals surface area (Å²) >= 11 is 0. The summed E-state index contributed by atoms with van der Waals surface area (Å²) < 4.78 is 32.6. The molecule has 0 bridgehead atoms. The van der Waals surface area contributed by atoms with Crippen molar-refractivity contribution in [3.8, 4) is 0 Å². The molecule has 0 fully saturated rings. The lowest BCUT2D eigenvalue weighted by molar-refractivity contribution is -0.153. The fraction of sp³-hybridized carbons (Fsp3) is 0.872. The van der Waals surface area contributed by atoms with Gasteiger partial charge in [0.25, 0.3) is 0 Å². The molecule has 0 saturated carbocycles. The molecule has 0 amide bonds. The standard InChI is InChI=1S/C47H89O10P/c1-3-5-7-9-11-13-15-17-19-20-21-22-23-24-25-27-29-31-33-35-37-39-47(51)57-45(41-49)43-55-58(52,53)54-42-44(40-48)56-46(50)38-36-34-32-30-28-26-18-16-14-12-10-8-6-4-2/h10,12,16,18,44-45,48-49H,3-9,11,13-15,17,19-43H2,1-2H3,(H,52,53)/b12-10-,18-16-. The molecule has 0 aliphatic rings. The van der Waals surface area contributed by atoms with Crippen LogP contribution in [-0.4, -0.2) is 65.7 Å². The number of rotatable bonds is 45. The van der Waals surface area contributed by atoms with E-state index < -0.39 is 58.4 Å². The molecule has 10 nitrogen and oxygen atoms in total. The monoisotopic (exact) mass is 845 g/mol. The van der Waals surface area contributed by atoms with E-state index in [0.717, 1.165) is 64.2 Å². The van der Waals surface area contributed by atoms with Gasteiger partial charge in [-0.15, -0.1) is 0 Å². The number of aliphatic hydroxyl groups excluding tert-OH is 2. The van der Waals surface area contributed by atoms with Gasteiger partial charge in [0.1, 0.15) is 12.2 Å². The van der Waals surface area contributed by atoms with E-state index >= 15 is 0 Å². The van der Waals surface area contributed by atoms with Gasteiger partial charge in [-0.3, -0.25) is 18.6 Å². The Hall–Kier alpha value is -1.55. The minimum atomic E-state index is -4.64. The second-order valence-electron chi connectivity index (χ2n) is 16.1. The number of carbonyl (C=O) groups is 2. The van der Waals surface area contributed by atoms with Crippen LogP contribution in [0.4, 0.5) is 0 Å². The van der Waals surface area contributed by atoms with Crippen molar-refractivity contribution in [3.63, 3.8) is 0 Å². The Balaban J connectivity index is 3.84. The van der Waals surface area contributed by atoms with Gasteiger partial charge in [0.2, 0.25) is 0 Å². The van der Waals surface area contributed by atoms with Crippen molar-refractivity contribution >= 4 is 19.8 Å². The van der Waals surface area contributed by atoms with E-state index in [4.69, 9.17) is 18.5 Å². The zero-order valence-corrected chi connectivity index (χ0v) is 38.2. The van der Waals surface area contributed by atoms with E-state index in [-0.39, 0.29) is 12.8 Å². The van der Waals surface area contributed by atoms with Crippen LogP contribution < -0.4 is 0 Å². The van der Waals surface area contributed by atoms with Crippen LogP contribution in [0, 0.1) is 0 Å². The summed E-state index contributed by atoms with van der Waals surface area (Å²) in [4.78, 5) is 34.6. The van der Waals surface area contributed by atoms with Gasteiger partial charge < -0.3 is 24.6 Å². The van der Waals surface area contributed by atoms with Crippen molar-refractivity contribution in [2.24, 2.45) is 0 Å². The highest BCUT2D eigenvalue weighted by molar-refractivity contribution is 7.47. The number of ether oxygens (including phenoxy) is 2. The van der Waals surface area contributed by atoms with Gasteiger partial charge in [-0.25, -0.2) is 4.57 Å². The van der Waals surface area contributed by atoms with Crippen LogP contribution in [0.2, 0.25) is 0 Å². The predicted octanol–water partition coefficient (Wildman–Crippen LogP) is 13.0. The zero-order valence-electron chi connectivity index (χ0n) is 37.3. The normalized spacial score (nSPS) is 13.9. The Morgan fingerprint density at radius 2 is 0.776 bits per heavy atom. The lowest BCUT2D eigenvalue weighted by atomic mass is 10.0. The SMILES string of the molecule is CCCC/C=C\C/C=C\CCCCCCCC(=O)OC(CO)COP(=O)(O)OCC(CO)OC(=O)CCCCCCCCCCCCCCCCCCCCCCC. The molecule has 11 heteroatoms. The van der Waals surface area contributed by atoms with E-state index in [0.29, 0.717) is 12.8 Å². The van der Waals surface area contributed by atoms with Gasteiger partial charge >= 0.3 is 19.8 Å². The first-order chi connectivity index (χ1) is 28.3. The quantitative estimate of drug-likeness (QED) is 0.0234. The number of unbranched alkanes of at least 4 members (excludes halogenated alkanes) is 27. The fourth-order valence-corrected chi connectivity index (χ4v) is 7.51. The summed E-state index contributed by atoms with van der Waals surface area (Å²) in [6, 6.07) is 0. The molecule has 0 aliphatic carbocycles. The predicted molar refractivity (Wildman–Crippen MR) is 238 cm³/mol. The van der Waals surface area contributed by atoms with E-state index in [1.165, 1.54) is 122 Å². The van der Waals surface area contributed by atoms with E-state index in [1.807, 2.05) is 0 Å². The number of phosphoric ester groups is 1. The third-order valence-electron chi connectivity index (χ3n) is 10.4. The molecule has 0 saturated heterocycles. The summed E-state index contributed by atoms with van der Waals surface area (Å²) in [5.41, 5.74) is 0. The molecule has 0 rings (SSSR count). The van der Waals surface area contributed by atoms with Crippen LogP contribution in [0.1, 0.15) is 226 Å². The van der Waals surface area contributed by atoms with Crippen LogP contribution in [0.15, 0.2) is 24.3 Å². The minimum absolute atomic E-state index is 0.178. The average Bonchev–Trinajstić information content (AvgIpc) is 3.21. The third kappa shape index (κ3) is 41.2. The molecule has 0 aromatic carbocycles. The van der Waals surface area contributed by atoms with Crippen molar-refractivity contribution in [1.82, 2.24) is 0 Å². The van der Waals surface area contributed by atoms with Gasteiger partial charge in [-0.05, 0) is 38.5 Å². The largest absolute Gasteiger partial charge is 0.472 e. The van der Waals surface area contributed by atoms with E-state index in [2.05, 4.69) is 38.2 Å². The first-order valence-corrected chi connectivity index (χ1v) is 25.3. The maximum absolute atomic E-state index is 12.4. The third-order valence-corrected chi connectivity index (χ3v) is 11.4. The van der Waals surface area contributed by atoms with Crippen molar-refractivity contribution in [2.45, 2.75) is 238 Å². The van der Waals surface area contributed by atoms with Crippen LogP contribution in [0.25, 0.3) is 0 Å². The smallest absolute Gasteiger partial charge is 0.457 e. The maximum atomic E-state index is 12.4. The molecule has 58 heavy (non-hydrogen) atoms. The Kier molecular flexibility index (Phi) is 42.4. The highest BCUT2D eigenvalue weighted by Crippen LogP contribution is 2.43. The first-order valence-electron chi connectivity index (χ1n) is 23.8. The Morgan fingerprint density at radius 1 is 0.466 bits per heavy atom. The minimum Gasteiger partial charge on any atom is -0.457 e. The molecule has 3 N–H and O–H groups in total. The number of allylic oxidation sites excluding steroid dienone is 4. The Morgan fingerprint density at radius 3 is 1.12 bits per heavy atom. The second kappa shape index (κ2) is 43.5. The summed E-state index contributed by atoms with van der Waals surface area (Å²) in [6.07, 6.45) is 44.4. The fourth-order valence-electron chi connectivity index (χ4n) is 6.72. The molecule has 0 heterocycles. The first kappa shape index (κ1) is 56.5. The summed E-state index contributed by atoms with van der Waals surface area (Å²) in [7, 11) is -4.64. The molecular weight excluding hydrogens is 755 g/mol. The van der Waals surface area contributed by atoms with E-state index in [1.54, 1.807) is 0 Å². The highest BCUT2D eigenvalue weighted by Gasteiger charge is 2.27. The second-order valence-corrected chi connectivity index (χ2v) is 17.6. The molecule has 0 aliphatic heterocycles. The lowest BCUT2D eigenvalue weighted by Crippen LogP contribution is -2.28. The molecule has 3 atom stereocenters. The van der Waals surface area contributed by atoms with Crippen LogP contribution >= 0.6 is 7.82 Å². The average molecular weight is 845 g/mol. The Bertz CT molecular complexity index is 1020. The van der Waals surface area contributed by atoms with Crippen molar-refractivity contribution in [2.75, 3.05) is 26.4 Å².